The van der Waals surface area contributed by atoms with Crippen molar-refractivity contribution in [1.29, 1.82) is 0 Å². The monoisotopic (exact) mass is 329 g/mol. The molecule has 1 aliphatic carbocycles. The van der Waals surface area contributed by atoms with Gasteiger partial charge in [0.1, 0.15) is 5.82 Å². The third-order valence-electron chi connectivity index (χ3n) is 3.59. The maximum Gasteiger partial charge on any atom is 0.256 e. The van der Waals surface area contributed by atoms with E-state index >= 15 is 0 Å². The Labute approximate surface area is 120 Å². The van der Waals surface area contributed by atoms with Crippen molar-refractivity contribution < 1.29 is 14.3 Å². The lowest BCUT2D eigenvalue weighted by Gasteiger charge is -2.28. The van der Waals surface area contributed by atoms with Gasteiger partial charge in [-0.1, -0.05) is 18.9 Å². The van der Waals surface area contributed by atoms with Gasteiger partial charge < -0.3 is 10.0 Å². The van der Waals surface area contributed by atoms with Crippen molar-refractivity contribution in [3.05, 3.63) is 34.1 Å². The summed E-state index contributed by atoms with van der Waals surface area (Å²) in [6, 6.07) is 4.63. The molecule has 5 heteroatoms. The van der Waals surface area contributed by atoms with E-state index in [9.17, 15) is 14.3 Å². The zero-order valence-corrected chi connectivity index (χ0v) is 12.4. The fourth-order valence-electron chi connectivity index (χ4n) is 2.58. The number of hydrogen-bond donors (Lipinski definition) is 1. The molecule has 19 heavy (non-hydrogen) atoms. The first-order valence-electron chi connectivity index (χ1n) is 6.35. The fraction of sp³-hybridized carbons (Fsp3) is 0.500. The second-order valence-electron chi connectivity index (χ2n) is 5.19. The summed E-state index contributed by atoms with van der Waals surface area (Å²) in [5, 5.41) is 10.3. The van der Waals surface area contributed by atoms with Crippen LogP contribution in [0.1, 0.15) is 36.0 Å². The molecule has 0 atom stereocenters. The highest BCUT2D eigenvalue weighted by Gasteiger charge is 2.34. The maximum atomic E-state index is 13.9. The quantitative estimate of drug-likeness (QED) is 0.926. The van der Waals surface area contributed by atoms with E-state index in [-0.39, 0.29) is 16.6 Å². The Bertz CT molecular complexity index is 486. The van der Waals surface area contributed by atoms with E-state index in [4.69, 9.17) is 0 Å². The molecular weight excluding hydrogens is 313 g/mol. The van der Waals surface area contributed by atoms with Crippen LogP contribution in [0.25, 0.3) is 0 Å². The molecule has 1 saturated carbocycles. The molecule has 1 N–H and O–H groups in total. The van der Waals surface area contributed by atoms with Gasteiger partial charge in [0.2, 0.25) is 0 Å². The molecule has 1 aromatic carbocycles. The summed E-state index contributed by atoms with van der Waals surface area (Å²) < 4.78 is 14.1. The SMILES string of the molecule is CN(CC1(O)CCCC1)C(=O)c1cccc(Br)c1F. The molecule has 0 aromatic heterocycles. The van der Waals surface area contributed by atoms with Crippen molar-refractivity contribution in [3.63, 3.8) is 0 Å². The molecule has 0 saturated heterocycles. The number of nitrogens with zero attached hydrogens (tertiary/aromatic N) is 1. The Morgan fingerprint density at radius 2 is 2.11 bits per heavy atom. The van der Waals surface area contributed by atoms with E-state index in [1.54, 1.807) is 19.2 Å². The summed E-state index contributed by atoms with van der Waals surface area (Å²) in [5.74, 6) is -0.961. The van der Waals surface area contributed by atoms with Gasteiger partial charge >= 0.3 is 0 Å². The molecule has 3 nitrogen and oxygen atoms in total. The first-order chi connectivity index (χ1) is 8.93. The highest BCUT2D eigenvalue weighted by molar-refractivity contribution is 9.10. The number of halogens is 2. The summed E-state index contributed by atoms with van der Waals surface area (Å²) in [6.45, 7) is 0.248. The first-order valence-corrected chi connectivity index (χ1v) is 7.14. The van der Waals surface area contributed by atoms with E-state index in [2.05, 4.69) is 15.9 Å². The molecule has 0 radical (unpaired) electrons. The Hall–Kier alpha value is -0.940. The standard InChI is InChI=1S/C14H17BrFNO2/c1-17(9-14(19)7-2-3-8-14)13(18)10-5-4-6-11(15)12(10)16/h4-6,19H,2-3,7-9H2,1H3. The smallest absolute Gasteiger partial charge is 0.256 e. The third kappa shape index (κ3) is 3.15. The normalized spacial score (nSPS) is 17.5. The van der Waals surface area contributed by atoms with Crippen molar-refractivity contribution in [2.24, 2.45) is 0 Å². The van der Waals surface area contributed by atoms with Crippen LogP contribution in [0.5, 0.6) is 0 Å². The number of likely N-dealkylation sites (N-methyl/N-ethyl adjacent to an activating group) is 1. The topological polar surface area (TPSA) is 40.5 Å². The Kier molecular flexibility index (Phi) is 4.26. The number of benzene rings is 1. The molecular formula is C14H17BrFNO2. The van der Waals surface area contributed by atoms with Gasteiger partial charge in [-0.3, -0.25) is 4.79 Å². The summed E-state index contributed by atoms with van der Waals surface area (Å²) >= 11 is 3.07. The highest BCUT2D eigenvalue weighted by atomic mass is 79.9. The summed E-state index contributed by atoms with van der Waals surface area (Å²) in [6.07, 6.45) is 3.35. The van der Waals surface area contributed by atoms with Crippen molar-refractivity contribution >= 4 is 21.8 Å². The summed E-state index contributed by atoms with van der Waals surface area (Å²) in [7, 11) is 1.60. The van der Waals surface area contributed by atoms with Gasteiger partial charge in [-0.05, 0) is 40.9 Å². The van der Waals surface area contributed by atoms with Crippen molar-refractivity contribution in [2.45, 2.75) is 31.3 Å². The minimum atomic E-state index is -0.813. The predicted octanol–water partition coefficient (Wildman–Crippen LogP) is 2.97. The molecule has 0 unspecified atom stereocenters. The van der Waals surface area contributed by atoms with E-state index < -0.39 is 17.3 Å². The van der Waals surface area contributed by atoms with Gasteiger partial charge in [0, 0.05) is 13.6 Å². The lowest BCUT2D eigenvalue weighted by molar-refractivity contribution is 0.0155. The molecule has 0 spiro atoms. The van der Waals surface area contributed by atoms with Crippen molar-refractivity contribution in [3.8, 4) is 0 Å². The number of rotatable bonds is 3. The summed E-state index contributed by atoms with van der Waals surface area (Å²) in [4.78, 5) is 13.6. The van der Waals surface area contributed by atoms with Crippen LogP contribution < -0.4 is 0 Å². The van der Waals surface area contributed by atoms with E-state index in [0.29, 0.717) is 12.8 Å². The average molecular weight is 330 g/mol. The molecule has 0 heterocycles. The largest absolute Gasteiger partial charge is 0.388 e. The third-order valence-corrected chi connectivity index (χ3v) is 4.21. The second kappa shape index (κ2) is 5.59. The highest BCUT2D eigenvalue weighted by Crippen LogP contribution is 2.30. The van der Waals surface area contributed by atoms with Gasteiger partial charge in [-0.15, -0.1) is 0 Å². The lowest BCUT2D eigenvalue weighted by atomic mass is 10.0. The molecule has 0 bridgehead atoms. The zero-order chi connectivity index (χ0) is 14.0. The predicted molar refractivity (Wildman–Crippen MR) is 74.5 cm³/mol. The number of carbonyl (C=O) groups is 1. The molecule has 1 aromatic rings. The minimum Gasteiger partial charge on any atom is -0.388 e. The Balaban J connectivity index is 2.12. The molecule has 1 aliphatic rings. The van der Waals surface area contributed by atoms with Crippen LogP contribution in [0, 0.1) is 5.82 Å². The zero-order valence-electron chi connectivity index (χ0n) is 10.8. The Morgan fingerprint density at radius 3 is 2.74 bits per heavy atom. The fourth-order valence-corrected chi connectivity index (χ4v) is 2.95. The van der Waals surface area contributed by atoms with Crippen LogP contribution in [0.15, 0.2) is 22.7 Å². The molecule has 0 aliphatic heterocycles. The average Bonchev–Trinajstić information content (AvgIpc) is 2.78. The Morgan fingerprint density at radius 1 is 1.47 bits per heavy atom. The van der Waals surface area contributed by atoms with Crippen LogP contribution in [0.4, 0.5) is 4.39 Å². The minimum absolute atomic E-state index is 0.0264. The van der Waals surface area contributed by atoms with Crippen LogP contribution in [0.3, 0.4) is 0 Å². The van der Waals surface area contributed by atoms with Crippen LogP contribution in [-0.2, 0) is 0 Å². The number of hydrogen-bond acceptors (Lipinski definition) is 2. The van der Waals surface area contributed by atoms with E-state index in [1.165, 1.54) is 11.0 Å². The van der Waals surface area contributed by atoms with Crippen LogP contribution >= 0.6 is 15.9 Å². The number of amides is 1. The first kappa shape index (κ1) is 14.5. The second-order valence-corrected chi connectivity index (χ2v) is 6.05. The number of aliphatic hydroxyl groups is 1. The number of carbonyl (C=O) groups excluding carboxylic acids is 1. The molecule has 104 valence electrons. The van der Waals surface area contributed by atoms with Gasteiger partial charge in [0.05, 0.1) is 15.6 Å². The van der Waals surface area contributed by atoms with Crippen LogP contribution in [0.2, 0.25) is 0 Å². The molecule has 1 amide bonds. The van der Waals surface area contributed by atoms with Crippen molar-refractivity contribution in [2.75, 3.05) is 13.6 Å². The molecule has 2 rings (SSSR count). The van der Waals surface area contributed by atoms with Crippen molar-refractivity contribution in [1.82, 2.24) is 4.90 Å². The lowest BCUT2D eigenvalue weighted by Crippen LogP contribution is -2.42. The van der Waals surface area contributed by atoms with Crippen LogP contribution in [-0.4, -0.2) is 35.1 Å². The van der Waals surface area contributed by atoms with Gasteiger partial charge in [0.25, 0.3) is 5.91 Å². The maximum absolute atomic E-state index is 13.9. The molecule has 1 fully saturated rings. The van der Waals surface area contributed by atoms with Gasteiger partial charge in [-0.2, -0.15) is 0 Å². The summed E-state index contributed by atoms with van der Waals surface area (Å²) in [5.41, 5.74) is -0.786. The van der Waals surface area contributed by atoms with Gasteiger partial charge in [0.15, 0.2) is 0 Å². The van der Waals surface area contributed by atoms with Gasteiger partial charge in [-0.25, -0.2) is 4.39 Å². The van der Waals surface area contributed by atoms with E-state index in [1.807, 2.05) is 0 Å². The van der Waals surface area contributed by atoms with E-state index in [0.717, 1.165) is 12.8 Å².